The molecule has 2 aromatic rings. The molecule has 1 heterocycles. The van der Waals surface area contributed by atoms with E-state index in [1.54, 1.807) is 25.1 Å². The summed E-state index contributed by atoms with van der Waals surface area (Å²) in [5.74, 6) is 1.44. The van der Waals surface area contributed by atoms with E-state index >= 15 is 0 Å². The summed E-state index contributed by atoms with van der Waals surface area (Å²) in [6.45, 7) is 2.18. The van der Waals surface area contributed by atoms with Gasteiger partial charge in [-0.25, -0.2) is 0 Å². The monoisotopic (exact) mass is 380 g/mol. The number of carbonyl (C=O) groups excluding carboxylic acids is 1. The van der Waals surface area contributed by atoms with Crippen LogP contribution in [0.25, 0.3) is 0 Å². The lowest BCUT2D eigenvalue weighted by atomic mass is 10.3. The molecule has 134 valence electrons. The maximum absolute atomic E-state index is 12.1. The first-order valence-corrected chi connectivity index (χ1v) is 9.42. The maximum atomic E-state index is 12.1. The summed E-state index contributed by atoms with van der Waals surface area (Å²) < 4.78 is 7.90. The molecule has 1 atom stereocenters. The lowest BCUT2D eigenvalue weighted by Crippen LogP contribution is -2.29. The second-order valence-electron chi connectivity index (χ2n) is 6.21. The van der Waals surface area contributed by atoms with Crippen molar-refractivity contribution in [2.24, 2.45) is 0 Å². The Bertz CT molecular complexity index is 761. The summed E-state index contributed by atoms with van der Waals surface area (Å²) in [5.41, 5.74) is 0. The second-order valence-corrected chi connectivity index (χ2v) is 7.93. The molecular weight excluding hydrogens is 360 g/mol. The number of hydrogen-bond acceptors (Lipinski definition) is 5. The zero-order valence-corrected chi connectivity index (χ0v) is 16.0. The van der Waals surface area contributed by atoms with E-state index in [2.05, 4.69) is 14.8 Å². The van der Waals surface area contributed by atoms with E-state index in [0.717, 1.165) is 23.8 Å². The highest BCUT2D eigenvalue weighted by Crippen LogP contribution is 2.40. The first-order chi connectivity index (χ1) is 12.0. The Morgan fingerprint density at radius 1 is 1.40 bits per heavy atom. The molecule has 1 amide bonds. The molecule has 1 aliphatic rings. The molecule has 0 spiro atoms. The van der Waals surface area contributed by atoms with Gasteiger partial charge >= 0.3 is 0 Å². The molecule has 6 nitrogen and oxygen atoms in total. The summed E-state index contributed by atoms with van der Waals surface area (Å²) in [4.78, 5) is 13.7. The number of hydrogen-bond donors (Lipinski definition) is 0. The van der Waals surface area contributed by atoms with Gasteiger partial charge in [0.2, 0.25) is 5.91 Å². The van der Waals surface area contributed by atoms with Crippen molar-refractivity contribution < 1.29 is 9.53 Å². The molecule has 25 heavy (non-hydrogen) atoms. The number of amides is 1. The average molecular weight is 381 g/mol. The molecule has 1 saturated carbocycles. The number of rotatable bonds is 7. The van der Waals surface area contributed by atoms with Crippen LogP contribution in [0.1, 0.15) is 31.6 Å². The SMILES string of the molecule is C[C@@H](Sc1nnc(COc2ccccc2Cl)n1C1CC1)C(=O)N(C)C. The summed E-state index contributed by atoms with van der Waals surface area (Å²) in [7, 11) is 3.52. The third-order valence-corrected chi connectivity index (χ3v) is 5.27. The van der Waals surface area contributed by atoms with Crippen molar-refractivity contribution in [3.8, 4) is 5.75 Å². The minimum absolute atomic E-state index is 0.0595. The fraction of sp³-hybridized carbons (Fsp3) is 0.471. The Morgan fingerprint density at radius 3 is 2.76 bits per heavy atom. The number of halogens is 1. The Hall–Kier alpha value is -1.73. The van der Waals surface area contributed by atoms with Crippen molar-refractivity contribution in [3.63, 3.8) is 0 Å². The molecular formula is C17H21ClN4O2S. The van der Waals surface area contributed by atoms with Crippen LogP contribution in [0, 0.1) is 0 Å². The fourth-order valence-corrected chi connectivity index (χ4v) is 3.74. The maximum Gasteiger partial charge on any atom is 0.235 e. The Kier molecular flexibility index (Phi) is 5.54. The lowest BCUT2D eigenvalue weighted by molar-refractivity contribution is -0.127. The quantitative estimate of drug-likeness (QED) is 0.689. The molecule has 0 aliphatic heterocycles. The molecule has 1 fully saturated rings. The van der Waals surface area contributed by atoms with Crippen molar-refractivity contribution in [2.75, 3.05) is 14.1 Å². The zero-order chi connectivity index (χ0) is 18.0. The topological polar surface area (TPSA) is 60.3 Å². The van der Waals surface area contributed by atoms with E-state index in [1.165, 1.54) is 11.8 Å². The smallest absolute Gasteiger partial charge is 0.235 e. The van der Waals surface area contributed by atoms with Crippen LogP contribution in [0.4, 0.5) is 0 Å². The van der Waals surface area contributed by atoms with E-state index in [4.69, 9.17) is 16.3 Å². The van der Waals surface area contributed by atoms with Gasteiger partial charge in [0, 0.05) is 20.1 Å². The summed E-state index contributed by atoms with van der Waals surface area (Å²) in [5, 5.41) is 9.69. The van der Waals surface area contributed by atoms with Crippen molar-refractivity contribution in [3.05, 3.63) is 35.1 Å². The van der Waals surface area contributed by atoms with Gasteiger partial charge in [-0.1, -0.05) is 35.5 Å². The Labute approximate surface area is 156 Å². The first kappa shape index (κ1) is 18.1. The van der Waals surface area contributed by atoms with Gasteiger partial charge in [-0.05, 0) is 31.9 Å². The van der Waals surface area contributed by atoms with Crippen LogP contribution in [-0.4, -0.2) is 44.9 Å². The van der Waals surface area contributed by atoms with Crippen molar-refractivity contribution in [2.45, 2.75) is 42.8 Å². The van der Waals surface area contributed by atoms with E-state index in [1.807, 2.05) is 25.1 Å². The highest BCUT2D eigenvalue weighted by atomic mass is 35.5. The van der Waals surface area contributed by atoms with E-state index in [-0.39, 0.29) is 11.2 Å². The molecule has 1 aromatic carbocycles. The molecule has 1 aromatic heterocycles. The van der Waals surface area contributed by atoms with Gasteiger partial charge in [0.1, 0.15) is 12.4 Å². The number of para-hydroxylation sites is 1. The number of ether oxygens (including phenoxy) is 1. The number of benzene rings is 1. The van der Waals surface area contributed by atoms with Crippen LogP contribution in [-0.2, 0) is 11.4 Å². The van der Waals surface area contributed by atoms with Gasteiger partial charge in [0.05, 0.1) is 10.3 Å². The summed E-state index contributed by atoms with van der Waals surface area (Å²) in [6.07, 6.45) is 2.20. The number of nitrogens with zero attached hydrogens (tertiary/aromatic N) is 4. The zero-order valence-electron chi connectivity index (χ0n) is 14.5. The number of thioether (sulfide) groups is 1. The van der Waals surface area contributed by atoms with Crippen molar-refractivity contribution in [1.29, 1.82) is 0 Å². The van der Waals surface area contributed by atoms with Crippen LogP contribution in [0.2, 0.25) is 5.02 Å². The van der Waals surface area contributed by atoms with Crippen LogP contribution in [0.15, 0.2) is 29.4 Å². The largest absolute Gasteiger partial charge is 0.484 e. The highest BCUT2D eigenvalue weighted by Gasteiger charge is 2.31. The van der Waals surface area contributed by atoms with E-state index < -0.39 is 0 Å². The molecule has 0 saturated heterocycles. The number of carbonyl (C=O) groups is 1. The van der Waals surface area contributed by atoms with Gasteiger partial charge < -0.3 is 9.64 Å². The van der Waals surface area contributed by atoms with Crippen LogP contribution in [0.5, 0.6) is 5.75 Å². The third kappa shape index (κ3) is 4.27. The Morgan fingerprint density at radius 2 is 2.12 bits per heavy atom. The van der Waals surface area contributed by atoms with Gasteiger partial charge in [-0.2, -0.15) is 0 Å². The Balaban J connectivity index is 1.74. The summed E-state index contributed by atoms with van der Waals surface area (Å²) >= 11 is 7.57. The van der Waals surface area contributed by atoms with Crippen LogP contribution >= 0.6 is 23.4 Å². The van der Waals surface area contributed by atoms with Gasteiger partial charge in [-0.3, -0.25) is 9.36 Å². The molecule has 0 N–H and O–H groups in total. The molecule has 3 rings (SSSR count). The van der Waals surface area contributed by atoms with Crippen molar-refractivity contribution >= 4 is 29.3 Å². The van der Waals surface area contributed by atoms with Gasteiger partial charge in [0.15, 0.2) is 11.0 Å². The molecule has 0 radical (unpaired) electrons. The van der Waals surface area contributed by atoms with Crippen molar-refractivity contribution in [1.82, 2.24) is 19.7 Å². The summed E-state index contributed by atoms with van der Waals surface area (Å²) in [6, 6.07) is 7.75. The normalized spacial score (nSPS) is 15.0. The first-order valence-electron chi connectivity index (χ1n) is 8.16. The van der Waals surface area contributed by atoms with Gasteiger partial charge in [-0.15, -0.1) is 10.2 Å². The standard InChI is InChI=1S/C17H21ClN4O2S/c1-11(16(23)21(2)3)25-17-20-19-15(22(17)12-8-9-12)10-24-14-7-5-4-6-13(14)18/h4-7,11-12H,8-10H2,1-3H3/t11-/m1/s1. The lowest BCUT2D eigenvalue weighted by Gasteiger charge is -2.16. The molecule has 0 bridgehead atoms. The van der Waals surface area contributed by atoms with E-state index in [0.29, 0.717) is 23.4 Å². The van der Waals surface area contributed by atoms with Gasteiger partial charge in [0.25, 0.3) is 0 Å². The third-order valence-electron chi connectivity index (χ3n) is 3.91. The average Bonchev–Trinajstić information content (AvgIpc) is 3.35. The van der Waals surface area contributed by atoms with Crippen LogP contribution in [0.3, 0.4) is 0 Å². The molecule has 1 aliphatic carbocycles. The minimum Gasteiger partial charge on any atom is -0.484 e. The van der Waals surface area contributed by atoms with E-state index in [9.17, 15) is 4.79 Å². The highest BCUT2D eigenvalue weighted by molar-refractivity contribution is 8.00. The predicted octanol–water partition coefficient (Wildman–Crippen LogP) is 3.41. The predicted molar refractivity (Wildman–Crippen MR) is 98.1 cm³/mol. The number of aromatic nitrogens is 3. The molecule has 0 unspecified atom stereocenters. The fourth-order valence-electron chi connectivity index (χ4n) is 2.46. The minimum atomic E-state index is -0.214. The molecule has 8 heteroatoms. The van der Waals surface area contributed by atoms with Crippen LogP contribution < -0.4 is 4.74 Å². The second kappa shape index (κ2) is 7.66.